The molecule has 0 unspecified atom stereocenters. The van der Waals surface area contributed by atoms with E-state index in [1.807, 2.05) is 0 Å². The molecule has 8 heavy (non-hydrogen) atoms. The van der Waals surface area contributed by atoms with Crippen LogP contribution < -0.4 is 0 Å². The zero-order chi connectivity index (χ0) is 6.15. The Kier molecular flexibility index (Phi) is 1.26. The van der Waals surface area contributed by atoms with E-state index in [0.29, 0.717) is 5.76 Å². The van der Waals surface area contributed by atoms with Gasteiger partial charge in [-0.3, -0.25) is 0 Å². The molecular weight excluding hydrogens is 128 g/mol. The molecule has 0 N–H and O–H groups in total. The maximum atomic E-state index is 10.4. The van der Waals surface area contributed by atoms with Gasteiger partial charge in [-0.15, -0.1) is 11.6 Å². The Bertz CT molecular complexity index is 151. The number of cyclic esters (lactones) is 1. The van der Waals surface area contributed by atoms with E-state index in [4.69, 9.17) is 11.6 Å². The molecule has 2 nitrogen and oxygen atoms in total. The molecule has 0 aliphatic carbocycles. The Hall–Kier alpha value is -0.500. The van der Waals surface area contributed by atoms with Crippen molar-refractivity contribution in [3.8, 4) is 0 Å². The van der Waals surface area contributed by atoms with Crippen molar-refractivity contribution in [3.63, 3.8) is 0 Å². The number of allylic oxidation sites excluding steroid dienone is 1. The maximum Gasteiger partial charge on any atom is 0.333 e. The van der Waals surface area contributed by atoms with E-state index in [1.54, 1.807) is 13.0 Å². The van der Waals surface area contributed by atoms with Gasteiger partial charge in [0.1, 0.15) is 5.76 Å². The summed E-state index contributed by atoms with van der Waals surface area (Å²) in [6, 6.07) is 0. The fraction of sp³-hybridized carbons (Fsp3) is 0.400. The van der Waals surface area contributed by atoms with Crippen molar-refractivity contribution in [2.45, 2.75) is 12.3 Å². The van der Waals surface area contributed by atoms with Gasteiger partial charge in [0.25, 0.3) is 0 Å². The number of hydrogen-bond acceptors (Lipinski definition) is 2. The maximum absolute atomic E-state index is 10.4. The first-order valence-electron chi connectivity index (χ1n) is 2.24. The Labute approximate surface area is 52.1 Å². The number of carbonyl (C=O) groups excluding carboxylic acids is 1. The van der Waals surface area contributed by atoms with Crippen molar-refractivity contribution in [2.75, 3.05) is 0 Å². The van der Waals surface area contributed by atoms with E-state index in [1.165, 1.54) is 0 Å². The lowest BCUT2D eigenvalue weighted by molar-refractivity contribution is -0.136. The molecule has 0 radical (unpaired) electrons. The summed E-state index contributed by atoms with van der Waals surface area (Å²) in [4.78, 5) is 10.4. The first-order chi connectivity index (χ1) is 3.70. The highest BCUT2D eigenvalue weighted by molar-refractivity contribution is 6.32. The molecule has 0 aromatic rings. The van der Waals surface area contributed by atoms with Crippen molar-refractivity contribution in [2.24, 2.45) is 0 Å². The quantitative estimate of drug-likeness (QED) is 0.364. The number of carbonyl (C=O) groups is 1. The summed E-state index contributed by atoms with van der Waals surface area (Å²) < 4.78 is 4.56. The number of rotatable bonds is 0. The van der Waals surface area contributed by atoms with Crippen molar-refractivity contribution in [1.82, 2.24) is 0 Å². The van der Waals surface area contributed by atoms with Gasteiger partial charge in [0, 0.05) is 0 Å². The fourth-order valence-corrected chi connectivity index (χ4v) is 0.745. The molecule has 1 aliphatic rings. The summed E-state index contributed by atoms with van der Waals surface area (Å²) in [5.41, 5.74) is 0. The number of hydrogen-bond donors (Lipinski definition) is 0. The summed E-state index contributed by atoms with van der Waals surface area (Å²) in [6.45, 7) is 1.69. The number of alkyl halides is 1. The Morgan fingerprint density at radius 3 is 2.62 bits per heavy atom. The monoisotopic (exact) mass is 132 g/mol. The van der Waals surface area contributed by atoms with E-state index in [2.05, 4.69) is 4.74 Å². The van der Waals surface area contributed by atoms with Crippen LogP contribution in [0.15, 0.2) is 11.8 Å². The minimum atomic E-state index is -0.560. The number of halogens is 1. The first kappa shape index (κ1) is 5.63. The molecule has 1 rings (SSSR count). The van der Waals surface area contributed by atoms with E-state index < -0.39 is 5.38 Å². The van der Waals surface area contributed by atoms with Crippen LogP contribution in [0.1, 0.15) is 6.92 Å². The largest absolute Gasteiger partial charge is 0.430 e. The minimum absolute atomic E-state index is 0.371. The zero-order valence-corrected chi connectivity index (χ0v) is 5.11. The average molecular weight is 133 g/mol. The Morgan fingerprint density at radius 1 is 1.88 bits per heavy atom. The molecule has 3 heteroatoms. The standard InChI is InChI=1S/C5H5ClO2/c1-3-2-4(6)5(7)8-3/h2,4H,1H3/t4-/m0/s1. The van der Waals surface area contributed by atoms with Crippen LogP contribution in [-0.4, -0.2) is 11.3 Å². The lowest BCUT2D eigenvalue weighted by atomic mass is 10.4. The van der Waals surface area contributed by atoms with Crippen LogP contribution >= 0.6 is 11.6 Å². The van der Waals surface area contributed by atoms with Gasteiger partial charge in [-0.1, -0.05) is 0 Å². The highest BCUT2D eigenvalue weighted by Gasteiger charge is 2.21. The minimum Gasteiger partial charge on any atom is -0.430 e. The van der Waals surface area contributed by atoms with Crippen LogP contribution in [0.3, 0.4) is 0 Å². The molecule has 1 aliphatic heterocycles. The number of esters is 1. The van der Waals surface area contributed by atoms with E-state index in [-0.39, 0.29) is 5.97 Å². The summed E-state index contributed by atoms with van der Waals surface area (Å²) in [5, 5.41) is -0.560. The highest BCUT2D eigenvalue weighted by Crippen LogP contribution is 2.14. The second kappa shape index (κ2) is 1.78. The topological polar surface area (TPSA) is 26.3 Å². The second-order valence-electron chi connectivity index (χ2n) is 1.60. The van der Waals surface area contributed by atoms with Gasteiger partial charge in [0.2, 0.25) is 0 Å². The third kappa shape index (κ3) is 0.842. The molecule has 0 amide bonds. The predicted molar refractivity (Wildman–Crippen MR) is 29.5 cm³/mol. The van der Waals surface area contributed by atoms with Crippen LogP contribution in [0.25, 0.3) is 0 Å². The van der Waals surface area contributed by atoms with Gasteiger partial charge in [0.15, 0.2) is 5.38 Å². The SMILES string of the molecule is CC1=C[C@H](Cl)C(=O)O1. The molecule has 0 saturated carbocycles. The van der Waals surface area contributed by atoms with Gasteiger partial charge in [0.05, 0.1) is 0 Å². The summed E-state index contributed by atoms with van der Waals surface area (Å²) in [5.74, 6) is 0.221. The molecule has 0 aromatic heterocycles. The van der Waals surface area contributed by atoms with E-state index in [9.17, 15) is 4.79 Å². The lowest BCUT2D eigenvalue weighted by Gasteiger charge is -1.90. The number of ether oxygens (including phenoxy) is 1. The zero-order valence-electron chi connectivity index (χ0n) is 4.35. The molecule has 0 spiro atoms. The van der Waals surface area contributed by atoms with Crippen LogP contribution in [0, 0.1) is 0 Å². The molecule has 44 valence electrons. The third-order valence-corrected chi connectivity index (χ3v) is 1.17. The molecular formula is C5H5ClO2. The molecule has 0 saturated heterocycles. The van der Waals surface area contributed by atoms with Crippen molar-refractivity contribution in [1.29, 1.82) is 0 Å². The van der Waals surface area contributed by atoms with Gasteiger partial charge < -0.3 is 4.74 Å². The predicted octanol–water partition coefficient (Wildman–Crippen LogP) is 1.05. The van der Waals surface area contributed by atoms with Crippen molar-refractivity contribution < 1.29 is 9.53 Å². The molecule has 0 fully saturated rings. The smallest absolute Gasteiger partial charge is 0.333 e. The van der Waals surface area contributed by atoms with Gasteiger partial charge in [-0.25, -0.2) is 4.79 Å². The Morgan fingerprint density at radius 2 is 2.50 bits per heavy atom. The van der Waals surface area contributed by atoms with Crippen molar-refractivity contribution in [3.05, 3.63) is 11.8 Å². The molecule has 1 heterocycles. The van der Waals surface area contributed by atoms with Gasteiger partial charge in [-0.2, -0.15) is 0 Å². The van der Waals surface area contributed by atoms with E-state index >= 15 is 0 Å². The molecule has 1 atom stereocenters. The summed E-state index contributed by atoms with van der Waals surface area (Å²) in [6.07, 6.45) is 1.57. The van der Waals surface area contributed by atoms with Gasteiger partial charge >= 0.3 is 5.97 Å². The second-order valence-corrected chi connectivity index (χ2v) is 2.07. The van der Waals surface area contributed by atoms with Crippen LogP contribution in [0.4, 0.5) is 0 Å². The Balaban J connectivity index is 2.69. The summed E-state index contributed by atoms with van der Waals surface area (Å²) in [7, 11) is 0. The average Bonchev–Trinajstić information content (AvgIpc) is 1.85. The normalized spacial score (nSPS) is 27.5. The highest BCUT2D eigenvalue weighted by atomic mass is 35.5. The van der Waals surface area contributed by atoms with Crippen LogP contribution in [0.2, 0.25) is 0 Å². The molecule has 0 bridgehead atoms. The first-order valence-corrected chi connectivity index (χ1v) is 2.68. The van der Waals surface area contributed by atoms with Crippen LogP contribution in [0.5, 0.6) is 0 Å². The fourth-order valence-electron chi connectivity index (χ4n) is 0.523. The van der Waals surface area contributed by atoms with Crippen molar-refractivity contribution >= 4 is 17.6 Å². The van der Waals surface area contributed by atoms with E-state index in [0.717, 1.165) is 0 Å². The lowest BCUT2D eigenvalue weighted by Crippen LogP contribution is -2.05. The third-order valence-electron chi connectivity index (χ3n) is 0.868. The summed E-state index contributed by atoms with van der Waals surface area (Å²) >= 11 is 5.41. The molecule has 0 aromatic carbocycles. The van der Waals surface area contributed by atoms with Gasteiger partial charge in [-0.05, 0) is 13.0 Å². The van der Waals surface area contributed by atoms with Crippen LogP contribution in [-0.2, 0) is 9.53 Å².